The summed E-state index contributed by atoms with van der Waals surface area (Å²) < 4.78 is 0.959. The molecule has 12 N–H and O–H groups in total. The number of carbonyl (C=O) groups is 8. The van der Waals surface area contributed by atoms with Crippen molar-refractivity contribution in [2.45, 2.75) is 26.9 Å². The summed E-state index contributed by atoms with van der Waals surface area (Å²) in [6, 6.07) is 5.72. The molecule has 0 fully saturated rings. The zero-order chi connectivity index (χ0) is 55.2. The molecule has 0 aliphatic heterocycles. The molecular formula is C44H32N10O20. The van der Waals surface area contributed by atoms with Crippen molar-refractivity contribution in [1.82, 2.24) is 19.8 Å². The molecule has 5 aromatic rings. The van der Waals surface area contributed by atoms with E-state index in [1.54, 1.807) is 6.07 Å². The number of nitrogens with one attached hydrogen (secondary N) is 2. The molecule has 0 radical (unpaired) electrons. The molecule has 0 saturated carbocycles. The lowest BCUT2D eigenvalue weighted by atomic mass is 9.97. The highest BCUT2D eigenvalue weighted by Crippen LogP contribution is 2.39. The summed E-state index contributed by atoms with van der Waals surface area (Å²) in [5.41, 5.74) is -14.3. The number of hydrogen-bond acceptors (Lipinski definition) is 19. The number of benzene rings is 3. The Morgan fingerprint density at radius 3 is 1.23 bits per heavy atom. The summed E-state index contributed by atoms with van der Waals surface area (Å²) >= 11 is 0. The van der Waals surface area contributed by atoms with Crippen molar-refractivity contribution >= 4 is 76.1 Å². The van der Waals surface area contributed by atoms with Gasteiger partial charge in [0.25, 0.3) is 22.9 Å². The average Bonchev–Trinajstić information content (AvgIpc) is 3.33. The van der Waals surface area contributed by atoms with E-state index in [4.69, 9.17) is 6.57 Å². The van der Waals surface area contributed by atoms with Crippen molar-refractivity contribution in [3.63, 3.8) is 0 Å². The summed E-state index contributed by atoms with van der Waals surface area (Å²) in [7, 11) is 0. The maximum atomic E-state index is 13.6. The molecule has 378 valence electrons. The quantitative estimate of drug-likeness (QED) is 0.0439. The number of carboxylic acids is 6. The van der Waals surface area contributed by atoms with E-state index < -0.39 is 187 Å². The van der Waals surface area contributed by atoms with Crippen LogP contribution in [0.3, 0.4) is 0 Å². The molecule has 3 aromatic carbocycles. The largest absolute Gasteiger partial charge is 0.505 e. The van der Waals surface area contributed by atoms with Gasteiger partial charge in [0.05, 0.1) is 40.0 Å². The second-order valence-corrected chi connectivity index (χ2v) is 14.9. The van der Waals surface area contributed by atoms with Gasteiger partial charge in [-0.15, -0.1) is 20.5 Å². The fourth-order valence-corrected chi connectivity index (χ4v) is 6.85. The number of phenols is 2. The van der Waals surface area contributed by atoms with Gasteiger partial charge in [-0.25, -0.2) is 33.6 Å². The number of aromatic hydroxyl groups is 4. The Balaban J connectivity index is 1.42. The first-order chi connectivity index (χ1) is 34.8. The van der Waals surface area contributed by atoms with E-state index in [1.165, 1.54) is 0 Å². The normalized spacial score (nSPS) is 10.9. The van der Waals surface area contributed by atoms with Crippen molar-refractivity contribution < 1.29 is 89.4 Å². The van der Waals surface area contributed by atoms with E-state index in [0.717, 1.165) is 38.1 Å². The molecule has 0 aliphatic rings. The molecule has 0 bridgehead atoms. The van der Waals surface area contributed by atoms with Crippen LogP contribution >= 0.6 is 0 Å². The SMILES string of the molecule is [C-]#[N+]c1c(C)c(N=Nc2c(C(=O)O)ccc(C(=O)O)c2O)c(=O)n(CCNC(=O)c2cc(C(=O)O)c(C(=O)NCCn3c(O)c(C#N)c(C)c(N=Nc4c(C(=O)O)ccc(C(=O)O)c4O)c3=O)cc2C(=O)O)c1O. The number of nitriles is 1. The molecule has 30 nitrogen and oxygen atoms in total. The fraction of sp³-hybridized carbons (Fsp3) is 0.136. The molecule has 0 aliphatic carbocycles. The lowest BCUT2D eigenvalue weighted by Gasteiger charge is -2.16. The monoisotopic (exact) mass is 1020 g/mol. The number of pyridine rings is 2. The summed E-state index contributed by atoms with van der Waals surface area (Å²) in [5, 5.41) is 129. The summed E-state index contributed by atoms with van der Waals surface area (Å²) in [4.78, 5) is 129. The van der Waals surface area contributed by atoms with Gasteiger partial charge in [-0.2, -0.15) is 5.26 Å². The first kappa shape index (κ1) is 53.7. The Morgan fingerprint density at radius 1 is 0.541 bits per heavy atom. The third kappa shape index (κ3) is 10.3. The Bertz CT molecular complexity index is 3380. The molecule has 0 unspecified atom stereocenters. The molecule has 30 heteroatoms. The Morgan fingerprint density at radius 2 is 0.878 bits per heavy atom. The summed E-state index contributed by atoms with van der Waals surface area (Å²) in [6.45, 7) is 6.93. The van der Waals surface area contributed by atoms with Crippen molar-refractivity contribution in [3.05, 3.63) is 130 Å². The van der Waals surface area contributed by atoms with Crippen LogP contribution in [0.4, 0.5) is 28.4 Å². The average molecular weight is 1020 g/mol. The van der Waals surface area contributed by atoms with Crippen LogP contribution in [0.5, 0.6) is 23.3 Å². The highest BCUT2D eigenvalue weighted by atomic mass is 16.4. The predicted octanol–water partition coefficient (Wildman–Crippen LogP) is 3.75. The number of hydrogen-bond donors (Lipinski definition) is 12. The topological polar surface area (TPSA) is 485 Å². The third-order valence-electron chi connectivity index (χ3n) is 10.6. The van der Waals surface area contributed by atoms with Crippen molar-refractivity contribution in [1.29, 1.82) is 5.26 Å². The Kier molecular flexibility index (Phi) is 15.6. The minimum atomic E-state index is -1.88. The van der Waals surface area contributed by atoms with Gasteiger partial charge in [-0.3, -0.25) is 28.3 Å². The lowest BCUT2D eigenvalue weighted by molar-refractivity contribution is 0.0675. The van der Waals surface area contributed by atoms with Gasteiger partial charge in [0.2, 0.25) is 11.6 Å². The fourth-order valence-electron chi connectivity index (χ4n) is 6.85. The standard InChI is InChI=1S/C44H32N10O20/c1-15-25(14-45)35(59)53(37(61)27(15)49-51-29-17(39(63)64)4-6-19(31(29)55)41(67)68)10-8-47-33(57)21-12-24(44(73)74)22(13-23(21)43(71)72)34(58)48-9-11-54-36(60)26(46-3)16(2)28(38(54)62)50-52-30-18(40(65)66)5-7-20(32(30)56)42(69)70/h4-7,12-13,55-56,59-60H,8-11H2,1-2H3,(H,47,57)(H,48,58)(H,63,64)(H,65,66)(H,67,68)(H,69,70)(H,71,72)(H,73,74). The van der Waals surface area contributed by atoms with Crippen LogP contribution in [0.15, 0.2) is 66.4 Å². The summed E-state index contributed by atoms with van der Waals surface area (Å²) in [6.07, 6.45) is 0. The number of carboxylic acid groups (broad SMARTS) is 6. The number of azo groups is 2. The molecule has 0 spiro atoms. The van der Waals surface area contributed by atoms with E-state index in [1.807, 2.05) is 0 Å². The second-order valence-electron chi connectivity index (χ2n) is 14.9. The molecular weight excluding hydrogens is 989 g/mol. The molecule has 2 heterocycles. The smallest absolute Gasteiger partial charge is 0.339 e. The zero-order valence-electron chi connectivity index (χ0n) is 37.4. The molecule has 5 rings (SSSR count). The molecule has 74 heavy (non-hydrogen) atoms. The van der Waals surface area contributed by atoms with E-state index in [0.29, 0.717) is 21.3 Å². The third-order valence-corrected chi connectivity index (χ3v) is 10.6. The highest BCUT2D eigenvalue weighted by molar-refractivity contribution is 6.12. The van der Waals surface area contributed by atoms with Gasteiger partial charge in [0, 0.05) is 31.7 Å². The van der Waals surface area contributed by atoms with Gasteiger partial charge >= 0.3 is 35.8 Å². The number of aromatic nitrogens is 2. The summed E-state index contributed by atoms with van der Waals surface area (Å²) in [5.74, 6) is -17.4. The molecule has 0 atom stereocenters. The minimum Gasteiger partial charge on any atom is -0.505 e. The second kappa shape index (κ2) is 21.6. The van der Waals surface area contributed by atoms with Crippen LogP contribution in [0, 0.1) is 31.8 Å². The van der Waals surface area contributed by atoms with Crippen molar-refractivity contribution in [2.75, 3.05) is 13.1 Å². The van der Waals surface area contributed by atoms with Crippen LogP contribution in [0.25, 0.3) is 4.85 Å². The van der Waals surface area contributed by atoms with Gasteiger partial charge < -0.3 is 61.7 Å². The number of nitrogens with zero attached hydrogens (tertiary/aromatic N) is 8. The maximum Gasteiger partial charge on any atom is 0.339 e. The van der Waals surface area contributed by atoms with Gasteiger partial charge in [0.1, 0.15) is 39.8 Å². The van der Waals surface area contributed by atoms with Gasteiger partial charge in [0.15, 0.2) is 23.1 Å². The van der Waals surface area contributed by atoms with E-state index in [2.05, 4.69) is 35.9 Å². The maximum absolute atomic E-state index is 13.6. The number of amides is 2. The lowest BCUT2D eigenvalue weighted by Crippen LogP contribution is -2.34. The van der Waals surface area contributed by atoms with Crippen molar-refractivity contribution in [3.8, 4) is 29.3 Å². The van der Waals surface area contributed by atoms with Crippen LogP contribution in [-0.2, 0) is 13.1 Å². The highest BCUT2D eigenvalue weighted by Gasteiger charge is 2.28. The Labute approximate surface area is 409 Å². The van der Waals surface area contributed by atoms with E-state index in [9.17, 15) is 104 Å². The molecule has 2 amide bonds. The van der Waals surface area contributed by atoms with Crippen molar-refractivity contribution in [2.24, 2.45) is 20.5 Å². The first-order valence-electron chi connectivity index (χ1n) is 20.2. The zero-order valence-corrected chi connectivity index (χ0v) is 37.4. The molecule has 2 aromatic heterocycles. The van der Waals surface area contributed by atoms with Crippen LogP contribution in [-0.4, -0.2) is 121 Å². The number of carbonyl (C=O) groups excluding carboxylic acids is 2. The van der Waals surface area contributed by atoms with Gasteiger partial charge in [-0.1, -0.05) is 0 Å². The Hall–Kier alpha value is -11.3. The molecule has 0 saturated heterocycles. The van der Waals surface area contributed by atoms with Gasteiger partial charge in [-0.05, 0) is 55.8 Å². The van der Waals surface area contributed by atoms with E-state index in [-0.39, 0.29) is 11.1 Å². The van der Waals surface area contributed by atoms with Crippen LogP contribution in [0.2, 0.25) is 0 Å². The number of aromatic carboxylic acids is 6. The minimum absolute atomic E-state index is 0.318. The van der Waals surface area contributed by atoms with E-state index >= 15 is 0 Å². The van der Waals surface area contributed by atoms with Crippen LogP contribution < -0.4 is 21.8 Å². The first-order valence-corrected chi connectivity index (χ1v) is 20.2. The number of rotatable bonds is 18. The predicted molar refractivity (Wildman–Crippen MR) is 243 cm³/mol. The van der Waals surface area contributed by atoms with Crippen LogP contribution in [0.1, 0.15) is 99.6 Å².